The van der Waals surface area contributed by atoms with Crippen LogP contribution < -0.4 is 5.73 Å². The first-order chi connectivity index (χ1) is 6.74. The van der Waals surface area contributed by atoms with E-state index in [9.17, 15) is 0 Å². The Kier molecular flexibility index (Phi) is 4.66. The maximum Gasteiger partial charge on any atom is 0.153 e. The van der Waals surface area contributed by atoms with Gasteiger partial charge in [0.15, 0.2) is 5.76 Å². The summed E-state index contributed by atoms with van der Waals surface area (Å²) in [7, 11) is 0. The van der Waals surface area contributed by atoms with Crippen LogP contribution >= 0.6 is 0 Å². The van der Waals surface area contributed by atoms with Gasteiger partial charge in [-0.2, -0.15) is 0 Å². The number of hydrogen-bond acceptors (Lipinski definition) is 3. The maximum atomic E-state index is 5.67. The zero-order chi connectivity index (χ0) is 10.4. The average molecular weight is 196 g/mol. The summed E-state index contributed by atoms with van der Waals surface area (Å²) in [4.78, 5) is 0. The number of nitrogens with two attached hydrogens (primary N) is 1. The zero-order valence-corrected chi connectivity index (χ0v) is 9.12. The molecule has 0 bridgehead atoms. The smallest absolute Gasteiger partial charge is 0.153 e. The Labute approximate surface area is 85.7 Å². The largest absolute Gasteiger partial charge is 0.359 e. The average Bonchev–Trinajstić information content (AvgIpc) is 2.61. The Morgan fingerprint density at radius 2 is 2.21 bits per heavy atom. The highest BCUT2D eigenvalue weighted by molar-refractivity contribution is 5.08. The number of nitrogens with zero attached hydrogens (tertiary/aromatic N) is 1. The van der Waals surface area contributed by atoms with Crippen LogP contribution in [0.3, 0.4) is 0 Å². The van der Waals surface area contributed by atoms with Crippen LogP contribution in [0.2, 0.25) is 0 Å². The summed E-state index contributed by atoms with van der Waals surface area (Å²) < 4.78 is 5.11. The molecule has 0 saturated heterocycles. The number of aryl methyl sites for hydroxylation is 1. The van der Waals surface area contributed by atoms with Crippen molar-refractivity contribution in [2.75, 3.05) is 0 Å². The molecule has 3 heteroatoms. The summed E-state index contributed by atoms with van der Waals surface area (Å²) >= 11 is 0. The number of unbranched alkanes of at least 4 members (excludes halogenated alkanes) is 3. The highest BCUT2D eigenvalue weighted by Gasteiger charge is 2.07. The third kappa shape index (κ3) is 3.50. The minimum atomic E-state index is -0.0492. The second-order valence-corrected chi connectivity index (χ2v) is 3.82. The second kappa shape index (κ2) is 5.81. The minimum absolute atomic E-state index is 0.0492. The molecule has 0 aliphatic carbocycles. The van der Waals surface area contributed by atoms with Crippen molar-refractivity contribution in [1.29, 1.82) is 0 Å². The van der Waals surface area contributed by atoms with Crippen LogP contribution in [0.4, 0.5) is 0 Å². The van der Waals surface area contributed by atoms with Crippen molar-refractivity contribution >= 4 is 0 Å². The molecule has 3 nitrogen and oxygen atoms in total. The van der Waals surface area contributed by atoms with E-state index in [1.165, 1.54) is 25.7 Å². The molecule has 0 aromatic carbocycles. The van der Waals surface area contributed by atoms with Crippen LogP contribution in [0.25, 0.3) is 0 Å². The summed E-state index contributed by atoms with van der Waals surface area (Å²) in [5.74, 6) is 0.787. The Bertz CT molecular complexity index is 256. The molecule has 1 aromatic heterocycles. The second-order valence-electron chi connectivity index (χ2n) is 3.82. The molecule has 0 radical (unpaired) electrons. The zero-order valence-electron chi connectivity index (χ0n) is 9.12. The molecule has 2 N–H and O–H groups in total. The first kappa shape index (κ1) is 11.2. The van der Waals surface area contributed by atoms with Gasteiger partial charge in [0.25, 0.3) is 0 Å². The van der Waals surface area contributed by atoms with E-state index in [1.807, 2.05) is 13.0 Å². The van der Waals surface area contributed by atoms with E-state index in [0.717, 1.165) is 17.9 Å². The van der Waals surface area contributed by atoms with Gasteiger partial charge >= 0.3 is 0 Å². The van der Waals surface area contributed by atoms with E-state index >= 15 is 0 Å². The summed E-state index contributed by atoms with van der Waals surface area (Å²) in [5.41, 5.74) is 6.71. The van der Waals surface area contributed by atoms with Gasteiger partial charge in [-0.1, -0.05) is 31.3 Å². The Morgan fingerprint density at radius 1 is 1.43 bits per heavy atom. The molecule has 80 valence electrons. The molecular formula is C11H20N2O. The van der Waals surface area contributed by atoms with Gasteiger partial charge in [0.2, 0.25) is 0 Å². The SMILES string of the molecule is CCCCCCc1cc(C(C)N)on1. The third-order valence-corrected chi connectivity index (χ3v) is 2.31. The van der Waals surface area contributed by atoms with Gasteiger partial charge in [0.1, 0.15) is 0 Å². The lowest BCUT2D eigenvalue weighted by Crippen LogP contribution is -2.02. The highest BCUT2D eigenvalue weighted by atomic mass is 16.5. The van der Waals surface area contributed by atoms with Gasteiger partial charge in [-0.3, -0.25) is 0 Å². The van der Waals surface area contributed by atoms with E-state index in [0.29, 0.717) is 0 Å². The van der Waals surface area contributed by atoms with E-state index in [1.54, 1.807) is 0 Å². The molecular weight excluding hydrogens is 176 g/mol. The van der Waals surface area contributed by atoms with Crippen molar-refractivity contribution in [2.24, 2.45) is 5.73 Å². The lowest BCUT2D eigenvalue weighted by Gasteiger charge is -1.95. The Balaban J connectivity index is 2.29. The molecule has 1 rings (SSSR count). The van der Waals surface area contributed by atoms with Crippen molar-refractivity contribution in [3.8, 4) is 0 Å². The summed E-state index contributed by atoms with van der Waals surface area (Å²) in [5, 5.41) is 3.98. The molecule has 1 aromatic rings. The van der Waals surface area contributed by atoms with Crippen molar-refractivity contribution in [1.82, 2.24) is 5.16 Å². The van der Waals surface area contributed by atoms with Crippen LogP contribution in [-0.4, -0.2) is 5.16 Å². The minimum Gasteiger partial charge on any atom is -0.359 e. The first-order valence-electron chi connectivity index (χ1n) is 5.45. The quantitative estimate of drug-likeness (QED) is 0.712. The topological polar surface area (TPSA) is 52.0 Å². The summed E-state index contributed by atoms with van der Waals surface area (Å²) in [6.45, 7) is 4.12. The number of rotatable bonds is 6. The molecule has 0 aliphatic heterocycles. The van der Waals surface area contributed by atoms with Gasteiger partial charge in [0, 0.05) is 6.07 Å². The fourth-order valence-corrected chi connectivity index (χ4v) is 1.39. The van der Waals surface area contributed by atoms with E-state index in [-0.39, 0.29) is 6.04 Å². The van der Waals surface area contributed by atoms with Crippen molar-refractivity contribution < 1.29 is 4.52 Å². The number of aromatic nitrogens is 1. The predicted octanol–water partition coefficient (Wildman–Crippen LogP) is 2.82. The normalized spacial score (nSPS) is 13.1. The number of hydrogen-bond donors (Lipinski definition) is 1. The van der Waals surface area contributed by atoms with Gasteiger partial charge in [0.05, 0.1) is 11.7 Å². The first-order valence-corrected chi connectivity index (χ1v) is 5.45. The van der Waals surface area contributed by atoms with Gasteiger partial charge in [-0.05, 0) is 19.8 Å². The fourth-order valence-electron chi connectivity index (χ4n) is 1.39. The van der Waals surface area contributed by atoms with Crippen molar-refractivity contribution in [3.05, 3.63) is 17.5 Å². The van der Waals surface area contributed by atoms with Crippen LogP contribution in [0, 0.1) is 0 Å². The summed E-state index contributed by atoms with van der Waals surface area (Å²) in [6, 6.07) is 1.92. The molecule has 1 atom stereocenters. The molecule has 0 aliphatic rings. The van der Waals surface area contributed by atoms with Gasteiger partial charge < -0.3 is 10.3 Å². The van der Waals surface area contributed by atoms with Gasteiger partial charge in [-0.15, -0.1) is 0 Å². The molecule has 0 amide bonds. The van der Waals surface area contributed by atoms with E-state index in [4.69, 9.17) is 10.3 Å². The van der Waals surface area contributed by atoms with E-state index in [2.05, 4.69) is 12.1 Å². The predicted molar refractivity (Wildman–Crippen MR) is 57.0 cm³/mol. The Hall–Kier alpha value is -0.830. The third-order valence-electron chi connectivity index (χ3n) is 2.31. The fraction of sp³-hybridized carbons (Fsp3) is 0.727. The monoisotopic (exact) mass is 196 g/mol. The lowest BCUT2D eigenvalue weighted by molar-refractivity contribution is 0.361. The molecule has 0 spiro atoms. The van der Waals surface area contributed by atoms with Crippen LogP contribution in [-0.2, 0) is 6.42 Å². The van der Waals surface area contributed by atoms with Crippen molar-refractivity contribution in [3.63, 3.8) is 0 Å². The molecule has 0 fully saturated rings. The van der Waals surface area contributed by atoms with Crippen LogP contribution in [0.5, 0.6) is 0 Å². The Morgan fingerprint density at radius 3 is 2.79 bits per heavy atom. The molecule has 1 unspecified atom stereocenters. The van der Waals surface area contributed by atoms with Crippen LogP contribution in [0.1, 0.15) is 57.0 Å². The maximum absolute atomic E-state index is 5.67. The molecule has 1 heterocycles. The summed E-state index contributed by atoms with van der Waals surface area (Å²) in [6.07, 6.45) is 6.05. The molecule has 14 heavy (non-hydrogen) atoms. The standard InChI is InChI=1S/C11H20N2O/c1-3-4-5-6-7-10-8-11(9(2)12)14-13-10/h8-9H,3-7,12H2,1-2H3. The lowest BCUT2D eigenvalue weighted by atomic mass is 10.1. The van der Waals surface area contributed by atoms with Gasteiger partial charge in [-0.25, -0.2) is 0 Å². The molecule has 0 saturated carbocycles. The van der Waals surface area contributed by atoms with Crippen molar-refractivity contribution in [2.45, 2.75) is 52.0 Å². The van der Waals surface area contributed by atoms with E-state index < -0.39 is 0 Å². The highest BCUT2D eigenvalue weighted by Crippen LogP contribution is 2.13. The van der Waals surface area contributed by atoms with Crippen LogP contribution in [0.15, 0.2) is 10.6 Å².